The van der Waals surface area contributed by atoms with E-state index in [1.165, 1.54) is 12.3 Å². The molecule has 0 aliphatic carbocycles. The second-order valence-electron chi connectivity index (χ2n) is 8.18. The number of benzene rings is 2. The number of halogens is 5. The van der Waals surface area contributed by atoms with E-state index in [-0.39, 0.29) is 22.9 Å². The summed E-state index contributed by atoms with van der Waals surface area (Å²) >= 11 is 0. The topological polar surface area (TPSA) is 82.7 Å². The van der Waals surface area contributed by atoms with E-state index in [4.69, 9.17) is 0 Å². The van der Waals surface area contributed by atoms with Crippen molar-refractivity contribution in [2.24, 2.45) is 0 Å². The molecular formula is C24H20F5N5O. The van der Waals surface area contributed by atoms with Gasteiger partial charge in [0, 0.05) is 23.0 Å². The van der Waals surface area contributed by atoms with Gasteiger partial charge in [0.25, 0.3) is 0 Å². The molecule has 2 aromatic carbocycles. The fourth-order valence-corrected chi connectivity index (χ4v) is 4.11. The van der Waals surface area contributed by atoms with Crippen molar-refractivity contribution in [1.29, 1.82) is 5.26 Å². The first kappa shape index (κ1) is 24.3. The predicted octanol–water partition coefficient (Wildman–Crippen LogP) is 4.82. The summed E-state index contributed by atoms with van der Waals surface area (Å²) in [6.07, 6.45) is -0.735. The van der Waals surface area contributed by atoms with Crippen LogP contribution in [0, 0.1) is 23.0 Å². The van der Waals surface area contributed by atoms with Crippen LogP contribution in [0.1, 0.15) is 35.6 Å². The standard InChI is InChI=1S/C24H20F5N5O/c25-20-10-17(33-21(35)9-14-2-1-3-19(23(14)26)24(27,28)29)8-15(11-30)22(20)16-12-32-34(13-16)18-4-6-31-7-5-18/h1-3,8,10,12-13,18,31H,4-7,9H2,(H,33,35). The fraction of sp³-hybridized carbons (Fsp3) is 0.292. The summed E-state index contributed by atoms with van der Waals surface area (Å²) in [7, 11) is 0. The first-order valence-electron chi connectivity index (χ1n) is 10.8. The highest BCUT2D eigenvalue weighted by atomic mass is 19.4. The SMILES string of the molecule is N#Cc1cc(NC(=O)Cc2cccc(C(F)(F)F)c2F)cc(F)c1-c1cnn(C2CCNCC2)c1. The van der Waals surface area contributed by atoms with Gasteiger partial charge in [-0.3, -0.25) is 9.48 Å². The van der Waals surface area contributed by atoms with Crippen molar-refractivity contribution in [1.82, 2.24) is 15.1 Å². The van der Waals surface area contributed by atoms with Crippen LogP contribution >= 0.6 is 0 Å². The molecule has 1 aliphatic heterocycles. The zero-order valence-electron chi connectivity index (χ0n) is 18.3. The average molecular weight is 489 g/mol. The minimum Gasteiger partial charge on any atom is -0.326 e. The van der Waals surface area contributed by atoms with Crippen molar-refractivity contribution in [2.75, 3.05) is 18.4 Å². The Morgan fingerprint density at radius 1 is 1.23 bits per heavy atom. The minimum atomic E-state index is -4.90. The molecule has 0 saturated carbocycles. The van der Waals surface area contributed by atoms with Gasteiger partial charge in [0.15, 0.2) is 0 Å². The summed E-state index contributed by atoms with van der Waals surface area (Å²) in [5, 5.41) is 19.5. The molecule has 0 spiro atoms. The van der Waals surface area contributed by atoms with Gasteiger partial charge >= 0.3 is 6.18 Å². The molecule has 3 aromatic rings. The van der Waals surface area contributed by atoms with Gasteiger partial charge in [0.2, 0.25) is 5.91 Å². The van der Waals surface area contributed by atoms with Crippen LogP contribution in [-0.2, 0) is 17.4 Å². The van der Waals surface area contributed by atoms with Crippen LogP contribution in [-0.4, -0.2) is 28.8 Å². The van der Waals surface area contributed by atoms with Crippen LogP contribution in [0.2, 0.25) is 0 Å². The molecule has 182 valence electrons. The monoisotopic (exact) mass is 489 g/mol. The van der Waals surface area contributed by atoms with Crippen LogP contribution in [0.25, 0.3) is 11.1 Å². The van der Waals surface area contributed by atoms with Crippen molar-refractivity contribution in [3.63, 3.8) is 0 Å². The lowest BCUT2D eigenvalue weighted by molar-refractivity contribution is -0.140. The number of alkyl halides is 3. The van der Waals surface area contributed by atoms with Crippen LogP contribution in [0.5, 0.6) is 0 Å². The lowest BCUT2D eigenvalue weighted by Crippen LogP contribution is -2.29. The predicted molar refractivity (Wildman–Crippen MR) is 117 cm³/mol. The van der Waals surface area contributed by atoms with Crippen LogP contribution in [0.4, 0.5) is 27.6 Å². The number of carbonyl (C=O) groups excluding carboxylic acids is 1. The van der Waals surface area contributed by atoms with Crippen molar-refractivity contribution in [3.8, 4) is 17.2 Å². The molecular weight excluding hydrogens is 469 g/mol. The first-order valence-corrected chi connectivity index (χ1v) is 10.8. The zero-order valence-corrected chi connectivity index (χ0v) is 18.3. The third-order valence-corrected chi connectivity index (χ3v) is 5.80. The molecule has 1 aliphatic rings. The Kier molecular flexibility index (Phi) is 6.84. The summed E-state index contributed by atoms with van der Waals surface area (Å²) in [6, 6.07) is 6.95. The number of amides is 1. The van der Waals surface area contributed by atoms with Crippen molar-refractivity contribution >= 4 is 11.6 Å². The number of hydrogen-bond donors (Lipinski definition) is 2. The zero-order chi connectivity index (χ0) is 25.2. The van der Waals surface area contributed by atoms with Gasteiger partial charge in [0.05, 0.1) is 35.9 Å². The van der Waals surface area contributed by atoms with E-state index in [1.54, 1.807) is 10.9 Å². The lowest BCUT2D eigenvalue weighted by Gasteiger charge is -2.22. The van der Waals surface area contributed by atoms with Crippen LogP contribution in [0.15, 0.2) is 42.7 Å². The highest BCUT2D eigenvalue weighted by Gasteiger charge is 2.35. The number of nitriles is 1. The summed E-state index contributed by atoms with van der Waals surface area (Å²) in [5.41, 5.74) is -1.65. The van der Waals surface area contributed by atoms with E-state index in [0.29, 0.717) is 11.6 Å². The molecule has 6 nitrogen and oxygen atoms in total. The van der Waals surface area contributed by atoms with E-state index >= 15 is 4.39 Å². The Bertz CT molecular complexity index is 1290. The first-order chi connectivity index (χ1) is 16.7. The van der Waals surface area contributed by atoms with E-state index in [2.05, 4.69) is 15.7 Å². The third kappa shape index (κ3) is 5.33. The van der Waals surface area contributed by atoms with Gasteiger partial charge in [0.1, 0.15) is 11.6 Å². The quantitative estimate of drug-likeness (QED) is 0.504. The van der Waals surface area contributed by atoms with Crippen molar-refractivity contribution in [3.05, 3.63) is 71.1 Å². The van der Waals surface area contributed by atoms with Crippen LogP contribution in [0.3, 0.4) is 0 Å². The number of rotatable bonds is 5. The number of nitrogens with zero attached hydrogens (tertiary/aromatic N) is 3. The molecule has 0 bridgehead atoms. The van der Waals surface area contributed by atoms with Gasteiger partial charge in [-0.25, -0.2) is 8.78 Å². The summed E-state index contributed by atoms with van der Waals surface area (Å²) in [4.78, 5) is 12.4. The van der Waals surface area contributed by atoms with Gasteiger partial charge in [-0.1, -0.05) is 12.1 Å². The lowest BCUT2D eigenvalue weighted by atomic mass is 10.0. The maximum atomic E-state index is 15.0. The van der Waals surface area contributed by atoms with Gasteiger partial charge < -0.3 is 10.6 Å². The van der Waals surface area contributed by atoms with Gasteiger partial charge in [-0.05, 0) is 49.7 Å². The van der Waals surface area contributed by atoms with E-state index in [0.717, 1.165) is 44.1 Å². The molecule has 2 heterocycles. The van der Waals surface area contributed by atoms with E-state index in [1.807, 2.05) is 6.07 Å². The Morgan fingerprint density at radius 3 is 2.66 bits per heavy atom. The molecule has 0 unspecified atom stereocenters. The second kappa shape index (κ2) is 9.84. The van der Waals surface area contributed by atoms with Gasteiger partial charge in [-0.2, -0.15) is 23.5 Å². The number of carbonyl (C=O) groups is 1. The summed E-state index contributed by atoms with van der Waals surface area (Å²) in [5.74, 6) is -3.19. The maximum Gasteiger partial charge on any atom is 0.419 e. The molecule has 0 atom stereocenters. The molecule has 2 N–H and O–H groups in total. The number of anilines is 1. The number of hydrogen-bond acceptors (Lipinski definition) is 4. The number of piperidine rings is 1. The Morgan fingerprint density at radius 2 is 1.97 bits per heavy atom. The van der Waals surface area contributed by atoms with Gasteiger partial charge in [-0.15, -0.1) is 0 Å². The molecule has 11 heteroatoms. The Hall–Kier alpha value is -3.78. The molecule has 1 fully saturated rings. The highest BCUT2D eigenvalue weighted by Crippen LogP contribution is 2.33. The number of nitrogens with one attached hydrogen (secondary N) is 2. The molecule has 35 heavy (non-hydrogen) atoms. The summed E-state index contributed by atoms with van der Waals surface area (Å²) < 4.78 is 69.7. The highest BCUT2D eigenvalue weighted by molar-refractivity contribution is 5.93. The van der Waals surface area contributed by atoms with Crippen LogP contribution < -0.4 is 10.6 Å². The van der Waals surface area contributed by atoms with E-state index < -0.39 is 41.3 Å². The normalized spacial score (nSPS) is 14.5. The molecule has 1 saturated heterocycles. The largest absolute Gasteiger partial charge is 0.419 e. The smallest absolute Gasteiger partial charge is 0.326 e. The third-order valence-electron chi connectivity index (χ3n) is 5.80. The summed E-state index contributed by atoms with van der Waals surface area (Å²) in [6.45, 7) is 1.69. The molecule has 1 amide bonds. The fourth-order valence-electron chi connectivity index (χ4n) is 4.11. The average Bonchev–Trinajstić information content (AvgIpc) is 3.29. The second-order valence-corrected chi connectivity index (χ2v) is 8.18. The Balaban J connectivity index is 1.54. The minimum absolute atomic E-state index is 0.0228. The number of aromatic nitrogens is 2. The van der Waals surface area contributed by atoms with Crippen molar-refractivity contribution < 1.29 is 26.7 Å². The van der Waals surface area contributed by atoms with Crippen molar-refractivity contribution in [2.45, 2.75) is 31.5 Å². The van der Waals surface area contributed by atoms with E-state index in [9.17, 15) is 27.6 Å². The molecule has 0 radical (unpaired) electrons. The maximum absolute atomic E-state index is 15.0. The molecule has 1 aromatic heterocycles. The molecule has 4 rings (SSSR count). The Labute approximate surface area is 197 Å².